The number of carbonyl (C=O) groups excluding carboxylic acids is 2. The fourth-order valence-corrected chi connectivity index (χ4v) is 5.60. The standard InChI is InChI=1S/C28H31ClN2O3S/c1-19(2)16-30(28(33)21-8-6-9-22(29)15-21)17-27(32)31-13-11-26-23(12-14-35-26)24(31)18-34-25-10-5-4-7-20(25)3/h4-10,12,14-15,19,24H,11,13,16-18H2,1-3H3/t24-/m0/s1. The number of fused-ring (bicyclic) bond motifs is 1. The van der Waals surface area contributed by atoms with E-state index in [2.05, 4.69) is 11.4 Å². The Morgan fingerprint density at radius 1 is 1.17 bits per heavy atom. The number of thiophene rings is 1. The first-order valence-electron chi connectivity index (χ1n) is 11.9. The maximum Gasteiger partial charge on any atom is 0.254 e. The Labute approximate surface area is 216 Å². The molecule has 0 bridgehead atoms. The molecule has 4 rings (SSSR count). The van der Waals surface area contributed by atoms with Gasteiger partial charge in [-0.25, -0.2) is 0 Å². The van der Waals surface area contributed by atoms with Gasteiger partial charge in [-0.3, -0.25) is 9.59 Å². The molecule has 0 radical (unpaired) electrons. The highest BCUT2D eigenvalue weighted by Gasteiger charge is 2.34. The topological polar surface area (TPSA) is 49.9 Å². The van der Waals surface area contributed by atoms with Gasteiger partial charge in [0.25, 0.3) is 5.91 Å². The summed E-state index contributed by atoms with van der Waals surface area (Å²) in [7, 11) is 0. The lowest BCUT2D eigenvalue weighted by Gasteiger charge is -2.37. The number of carbonyl (C=O) groups is 2. The molecule has 0 saturated heterocycles. The summed E-state index contributed by atoms with van der Waals surface area (Å²) in [6.07, 6.45) is 0.812. The summed E-state index contributed by atoms with van der Waals surface area (Å²) >= 11 is 7.84. The molecule has 2 amide bonds. The van der Waals surface area contributed by atoms with Gasteiger partial charge < -0.3 is 14.5 Å². The van der Waals surface area contributed by atoms with E-state index in [1.54, 1.807) is 40.5 Å². The van der Waals surface area contributed by atoms with Gasteiger partial charge in [0.05, 0.1) is 6.04 Å². The first-order valence-corrected chi connectivity index (χ1v) is 13.2. The van der Waals surface area contributed by atoms with Crippen molar-refractivity contribution >= 4 is 34.8 Å². The van der Waals surface area contributed by atoms with E-state index in [1.165, 1.54) is 4.88 Å². The lowest BCUT2D eigenvalue weighted by atomic mass is 10.00. The number of amides is 2. The van der Waals surface area contributed by atoms with E-state index in [1.807, 2.05) is 49.9 Å². The first kappa shape index (κ1) is 25.3. The van der Waals surface area contributed by atoms with Gasteiger partial charge >= 0.3 is 0 Å². The highest BCUT2D eigenvalue weighted by atomic mass is 35.5. The zero-order chi connectivity index (χ0) is 24.9. The number of ether oxygens (including phenoxy) is 1. The summed E-state index contributed by atoms with van der Waals surface area (Å²) in [6, 6.07) is 16.7. The Hall–Kier alpha value is -2.83. The van der Waals surface area contributed by atoms with Crippen LogP contribution in [0.1, 0.15) is 46.3 Å². The molecule has 7 heteroatoms. The maximum atomic E-state index is 13.7. The van der Waals surface area contributed by atoms with Crippen molar-refractivity contribution in [1.82, 2.24) is 9.80 Å². The molecule has 1 aliphatic heterocycles. The third-order valence-corrected chi connectivity index (χ3v) is 7.41. The van der Waals surface area contributed by atoms with Gasteiger partial charge in [0, 0.05) is 28.6 Å². The molecular weight excluding hydrogens is 480 g/mol. The quantitative estimate of drug-likeness (QED) is 0.372. The molecule has 5 nitrogen and oxygen atoms in total. The van der Waals surface area contributed by atoms with E-state index < -0.39 is 0 Å². The number of aryl methyl sites for hydroxylation is 1. The monoisotopic (exact) mass is 510 g/mol. The van der Waals surface area contributed by atoms with Gasteiger partial charge in [0.2, 0.25) is 5.91 Å². The smallest absolute Gasteiger partial charge is 0.254 e. The Bertz CT molecular complexity index is 1190. The van der Waals surface area contributed by atoms with Crippen molar-refractivity contribution in [3.63, 3.8) is 0 Å². The molecule has 35 heavy (non-hydrogen) atoms. The highest BCUT2D eigenvalue weighted by Crippen LogP contribution is 2.34. The fraction of sp³-hybridized carbons (Fsp3) is 0.357. The summed E-state index contributed by atoms with van der Waals surface area (Å²) in [6.45, 7) is 7.57. The van der Waals surface area contributed by atoms with E-state index in [9.17, 15) is 9.59 Å². The van der Waals surface area contributed by atoms with Crippen molar-refractivity contribution in [2.75, 3.05) is 26.2 Å². The Kier molecular flexibility index (Phi) is 8.14. The molecule has 1 aliphatic rings. The minimum atomic E-state index is -0.195. The second kappa shape index (κ2) is 11.3. The van der Waals surface area contributed by atoms with Crippen LogP contribution in [0.2, 0.25) is 5.02 Å². The van der Waals surface area contributed by atoms with E-state index in [0.717, 1.165) is 23.3 Å². The molecule has 0 N–H and O–H groups in total. The zero-order valence-corrected chi connectivity index (χ0v) is 21.9. The van der Waals surface area contributed by atoms with Crippen LogP contribution in [0.25, 0.3) is 0 Å². The minimum absolute atomic E-state index is 0.0177. The summed E-state index contributed by atoms with van der Waals surface area (Å²) < 4.78 is 6.20. The van der Waals surface area contributed by atoms with Crippen LogP contribution in [0.15, 0.2) is 60.0 Å². The van der Waals surface area contributed by atoms with Gasteiger partial charge in [-0.2, -0.15) is 0 Å². The van der Waals surface area contributed by atoms with E-state index in [4.69, 9.17) is 16.3 Å². The van der Waals surface area contributed by atoms with Crippen molar-refractivity contribution in [3.05, 3.63) is 86.6 Å². The lowest BCUT2D eigenvalue weighted by molar-refractivity contribution is -0.135. The van der Waals surface area contributed by atoms with Crippen LogP contribution < -0.4 is 4.74 Å². The minimum Gasteiger partial charge on any atom is -0.491 e. The third kappa shape index (κ3) is 6.06. The van der Waals surface area contributed by atoms with Gasteiger partial charge in [0.15, 0.2) is 0 Å². The van der Waals surface area contributed by atoms with Crippen LogP contribution >= 0.6 is 22.9 Å². The SMILES string of the molecule is Cc1ccccc1OC[C@H]1c2ccsc2CCN1C(=O)CN(CC(C)C)C(=O)c1cccc(Cl)c1. The van der Waals surface area contributed by atoms with Crippen molar-refractivity contribution in [2.24, 2.45) is 5.92 Å². The van der Waals surface area contributed by atoms with Crippen LogP contribution in [0, 0.1) is 12.8 Å². The van der Waals surface area contributed by atoms with Crippen molar-refractivity contribution in [1.29, 1.82) is 0 Å². The summed E-state index contributed by atoms with van der Waals surface area (Å²) in [5.41, 5.74) is 2.69. The Morgan fingerprint density at radius 2 is 1.97 bits per heavy atom. The predicted molar refractivity (Wildman–Crippen MR) is 141 cm³/mol. The average molecular weight is 511 g/mol. The van der Waals surface area contributed by atoms with Crippen molar-refractivity contribution < 1.29 is 14.3 Å². The molecule has 0 aliphatic carbocycles. The molecule has 2 heterocycles. The second-order valence-corrected chi connectivity index (χ2v) is 10.8. The predicted octanol–water partition coefficient (Wildman–Crippen LogP) is 6.01. The zero-order valence-electron chi connectivity index (χ0n) is 20.4. The van der Waals surface area contributed by atoms with E-state index in [-0.39, 0.29) is 30.3 Å². The number of hydrogen-bond donors (Lipinski definition) is 0. The second-order valence-electron chi connectivity index (χ2n) is 9.32. The van der Waals surface area contributed by atoms with Crippen LogP contribution in [-0.4, -0.2) is 47.9 Å². The molecule has 2 aromatic carbocycles. The van der Waals surface area contributed by atoms with Gasteiger partial charge in [-0.15, -0.1) is 11.3 Å². The molecule has 0 unspecified atom stereocenters. The lowest BCUT2D eigenvalue weighted by Crippen LogP contribution is -2.48. The highest BCUT2D eigenvalue weighted by molar-refractivity contribution is 7.10. The number of nitrogens with zero attached hydrogens (tertiary/aromatic N) is 2. The average Bonchev–Trinajstić information content (AvgIpc) is 3.31. The number of hydrogen-bond acceptors (Lipinski definition) is 4. The summed E-state index contributed by atoms with van der Waals surface area (Å²) in [4.78, 5) is 31.8. The van der Waals surface area contributed by atoms with Gasteiger partial charge in [-0.1, -0.05) is 49.7 Å². The molecule has 0 spiro atoms. The van der Waals surface area contributed by atoms with Crippen molar-refractivity contribution in [3.8, 4) is 5.75 Å². The van der Waals surface area contributed by atoms with Crippen LogP contribution in [0.4, 0.5) is 0 Å². The number of benzene rings is 2. The molecule has 0 fully saturated rings. The molecule has 1 atom stereocenters. The Balaban J connectivity index is 1.55. The summed E-state index contributed by atoms with van der Waals surface area (Å²) in [5, 5.41) is 2.58. The fourth-order valence-electron chi connectivity index (χ4n) is 4.48. The largest absolute Gasteiger partial charge is 0.491 e. The molecular formula is C28H31ClN2O3S. The first-order chi connectivity index (χ1) is 16.8. The molecule has 184 valence electrons. The van der Waals surface area contributed by atoms with Crippen LogP contribution in [-0.2, 0) is 11.2 Å². The molecule has 3 aromatic rings. The van der Waals surface area contributed by atoms with Gasteiger partial charge in [0.1, 0.15) is 18.9 Å². The van der Waals surface area contributed by atoms with Crippen LogP contribution in [0.3, 0.4) is 0 Å². The van der Waals surface area contributed by atoms with Gasteiger partial charge in [-0.05, 0) is 66.1 Å². The van der Waals surface area contributed by atoms with Crippen LogP contribution in [0.5, 0.6) is 5.75 Å². The number of rotatable bonds is 8. The summed E-state index contributed by atoms with van der Waals surface area (Å²) in [5.74, 6) is 0.780. The Morgan fingerprint density at radius 3 is 2.71 bits per heavy atom. The number of para-hydroxylation sites is 1. The third-order valence-electron chi connectivity index (χ3n) is 6.18. The molecule has 0 saturated carbocycles. The molecule has 1 aromatic heterocycles. The normalized spacial score (nSPS) is 15.1. The van der Waals surface area contributed by atoms with E-state index in [0.29, 0.717) is 30.3 Å². The number of halogens is 1. The van der Waals surface area contributed by atoms with E-state index >= 15 is 0 Å². The maximum absolute atomic E-state index is 13.7. The van der Waals surface area contributed by atoms with Crippen molar-refractivity contribution in [2.45, 2.75) is 33.2 Å².